The van der Waals surface area contributed by atoms with Crippen LogP contribution in [0.1, 0.15) is 28.2 Å². The Hall–Kier alpha value is -1.92. The molecule has 0 radical (unpaired) electrons. The van der Waals surface area contributed by atoms with Gasteiger partial charge in [-0.05, 0) is 42.7 Å². The molecule has 3 aromatic heterocycles. The first-order valence-corrected chi connectivity index (χ1v) is 9.90. The summed E-state index contributed by atoms with van der Waals surface area (Å²) in [7, 11) is 0. The van der Waals surface area contributed by atoms with E-state index in [0.717, 1.165) is 29.5 Å². The molecule has 0 aliphatic heterocycles. The fraction of sp³-hybridized carbons (Fsp3) is 0.333. The van der Waals surface area contributed by atoms with Crippen molar-refractivity contribution in [2.75, 3.05) is 5.32 Å². The highest BCUT2D eigenvalue weighted by Gasteiger charge is 2.21. The van der Waals surface area contributed by atoms with Gasteiger partial charge >= 0.3 is 0 Å². The number of aromatic nitrogens is 2. The van der Waals surface area contributed by atoms with Gasteiger partial charge in [-0.3, -0.25) is 9.36 Å². The Balaban J connectivity index is 1.81. The van der Waals surface area contributed by atoms with Crippen molar-refractivity contribution in [3.8, 4) is 0 Å². The zero-order valence-electron chi connectivity index (χ0n) is 13.4. The summed E-state index contributed by atoms with van der Waals surface area (Å²) in [5.41, 5.74) is 1.30. The molecule has 124 valence electrons. The van der Waals surface area contributed by atoms with E-state index in [-0.39, 0.29) is 5.56 Å². The van der Waals surface area contributed by atoms with Crippen LogP contribution in [0.25, 0.3) is 10.2 Å². The van der Waals surface area contributed by atoms with Crippen molar-refractivity contribution < 1.29 is 0 Å². The van der Waals surface area contributed by atoms with Gasteiger partial charge in [-0.1, -0.05) is 12.1 Å². The number of allylic oxidation sites excluding steroid dienone is 1. The minimum Gasteiger partial charge on any atom is -0.351 e. The zero-order chi connectivity index (χ0) is 16.5. The molecule has 1 N–H and O–H groups in total. The van der Waals surface area contributed by atoms with E-state index in [9.17, 15) is 4.79 Å². The van der Waals surface area contributed by atoms with Gasteiger partial charge < -0.3 is 5.32 Å². The molecule has 6 heteroatoms. The molecule has 3 heterocycles. The first kappa shape index (κ1) is 15.6. The van der Waals surface area contributed by atoms with E-state index >= 15 is 0 Å². The predicted molar refractivity (Wildman–Crippen MR) is 102 cm³/mol. The molecular weight excluding hydrogens is 338 g/mol. The van der Waals surface area contributed by atoms with Crippen LogP contribution in [0.15, 0.2) is 35.0 Å². The number of rotatable bonds is 5. The molecule has 4 nitrogen and oxygen atoms in total. The second-order valence-electron chi connectivity index (χ2n) is 5.96. The first-order valence-electron chi connectivity index (χ1n) is 8.20. The largest absolute Gasteiger partial charge is 0.351 e. The Morgan fingerprint density at radius 3 is 3.04 bits per heavy atom. The molecule has 0 saturated carbocycles. The minimum absolute atomic E-state index is 0.0629. The smallest absolute Gasteiger partial charge is 0.264 e. The third-order valence-corrected chi connectivity index (χ3v) is 6.45. The summed E-state index contributed by atoms with van der Waals surface area (Å²) in [6.07, 6.45) is 6.21. The van der Waals surface area contributed by atoms with E-state index in [1.165, 1.54) is 21.7 Å². The lowest BCUT2D eigenvalue weighted by atomic mass is 9.97. The van der Waals surface area contributed by atoms with Gasteiger partial charge in [0.2, 0.25) is 5.95 Å². The van der Waals surface area contributed by atoms with Gasteiger partial charge in [-0.25, -0.2) is 4.98 Å². The van der Waals surface area contributed by atoms with Gasteiger partial charge in [-0.2, -0.15) is 0 Å². The van der Waals surface area contributed by atoms with Gasteiger partial charge in [0.15, 0.2) is 0 Å². The molecule has 3 aromatic rings. The number of anilines is 1. The summed E-state index contributed by atoms with van der Waals surface area (Å²) in [5, 5.41) is 6.22. The van der Waals surface area contributed by atoms with Crippen LogP contribution in [0.4, 0.5) is 5.95 Å². The maximum absolute atomic E-state index is 13.1. The molecule has 0 aromatic carbocycles. The summed E-state index contributed by atoms with van der Waals surface area (Å²) in [5.74, 6) is 0.638. The van der Waals surface area contributed by atoms with E-state index in [1.807, 2.05) is 6.07 Å². The Kier molecular flexibility index (Phi) is 4.24. The summed E-state index contributed by atoms with van der Waals surface area (Å²) in [6, 6.07) is 4.11. The standard InChI is InChI=1S/C18H19N3OS2/c1-2-9-21-17(22)15-13-7-3-4-8-14(13)24-16(15)20-18(21)19-11-12-6-5-10-23-12/h2,5-6,10H,1,3-4,7-9,11H2,(H,19,20). The third kappa shape index (κ3) is 2.70. The highest BCUT2D eigenvalue weighted by atomic mass is 32.1. The number of nitrogens with zero attached hydrogens (tertiary/aromatic N) is 2. The van der Waals surface area contributed by atoms with Crippen LogP contribution in [0, 0.1) is 0 Å². The first-order chi connectivity index (χ1) is 11.8. The average molecular weight is 358 g/mol. The Labute approximate surface area is 148 Å². The van der Waals surface area contributed by atoms with Crippen molar-refractivity contribution in [1.29, 1.82) is 0 Å². The lowest BCUT2D eigenvalue weighted by Crippen LogP contribution is -2.25. The highest BCUT2D eigenvalue weighted by molar-refractivity contribution is 7.18. The second-order valence-corrected chi connectivity index (χ2v) is 8.08. The highest BCUT2D eigenvalue weighted by Crippen LogP contribution is 2.34. The molecule has 0 fully saturated rings. The molecule has 0 amide bonds. The molecule has 4 rings (SSSR count). The minimum atomic E-state index is 0.0629. The summed E-state index contributed by atoms with van der Waals surface area (Å²) >= 11 is 3.39. The summed E-state index contributed by atoms with van der Waals surface area (Å²) in [4.78, 5) is 21.3. The molecule has 0 unspecified atom stereocenters. The lowest BCUT2D eigenvalue weighted by Gasteiger charge is -2.13. The van der Waals surface area contributed by atoms with Crippen LogP contribution in [-0.4, -0.2) is 9.55 Å². The van der Waals surface area contributed by atoms with E-state index in [1.54, 1.807) is 33.3 Å². The lowest BCUT2D eigenvalue weighted by molar-refractivity contribution is 0.698. The number of hydrogen-bond acceptors (Lipinski definition) is 5. The Bertz CT molecular complexity index is 937. The fourth-order valence-corrected chi connectivity index (χ4v) is 5.15. The van der Waals surface area contributed by atoms with Crippen LogP contribution in [0.5, 0.6) is 0 Å². The van der Waals surface area contributed by atoms with Crippen molar-refractivity contribution in [2.24, 2.45) is 0 Å². The molecule has 1 aliphatic carbocycles. The van der Waals surface area contributed by atoms with Crippen LogP contribution < -0.4 is 10.9 Å². The Morgan fingerprint density at radius 1 is 1.38 bits per heavy atom. The van der Waals surface area contributed by atoms with Gasteiger partial charge in [-0.15, -0.1) is 29.3 Å². The van der Waals surface area contributed by atoms with Gasteiger partial charge in [0, 0.05) is 16.3 Å². The molecule has 24 heavy (non-hydrogen) atoms. The normalized spacial score (nSPS) is 13.8. The molecular formula is C18H19N3OS2. The number of fused-ring (bicyclic) bond motifs is 3. The quantitative estimate of drug-likeness (QED) is 0.696. The van der Waals surface area contributed by atoms with Crippen LogP contribution in [0.3, 0.4) is 0 Å². The maximum atomic E-state index is 13.1. The molecule has 1 aliphatic rings. The van der Waals surface area contributed by atoms with Crippen LogP contribution >= 0.6 is 22.7 Å². The average Bonchev–Trinajstić information content (AvgIpc) is 3.22. The van der Waals surface area contributed by atoms with Crippen LogP contribution in [-0.2, 0) is 25.9 Å². The zero-order valence-corrected chi connectivity index (χ0v) is 15.0. The third-order valence-electron chi connectivity index (χ3n) is 4.39. The number of thiophene rings is 2. The molecule has 0 atom stereocenters. The number of hydrogen-bond donors (Lipinski definition) is 1. The summed E-state index contributed by atoms with van der Waals surface area (Å²) < 4.78 is 1.71. The van der Waals surface area contributed by atoms with Gasteiger partial charge in [0.05, 0.1) is 11.9 Å². The summed E-state index contributed by atoms with van der Waals surface area (Å²) in [6.45, 7) is 4.94. The topological polar surface area (TPSA) is 46.9 Å². The molecule has 0 spiro atoms. The van der Waals surface area contributed by atoms with Crippen molar-refractivity contribution in [1.82, 2.24) is 9.55 Å². The number of nitrogens with one attached hydrogen (secondary N) is 1. The van der Waals surface area contributed by atoms with E-state index < -0.39 is 0 Å². The van der Waals surface area contributed by atoms with Crippen molar-refractivity contribution in [3.05, 3.63) is 55.8 Å². The number of aryl methyl sites for hydroxylation is 2. The van der Waals surface area contributed by atoms with Gasteiger partial charge in [0.25, 0.3) is 5.56 Å². The fourth-order valence-electron chi connectivity index (χ4n) is 3.25. The van der Waals surface area contributed by atoms with Crippen molar-refractivity contribution in [3.63, 3.8) is 0 Å². The second kappa shape index (κ2) is 6.53. The molecule has 0 bridgehead atoms. The van der Waals surface area contributed by atoms with Gasteiger partial charge in [0.1, 0.15) is 4.83 Å². The Morgan fingerprint density at radius 2 is 2.25 bits per heavy atom. The molecule has 0 saturated heterocycles. The van der Waals surface area contributed by atoms with Crippen molar-refractivity contribution >= 4 is 38.8 Å². The SMILES string of the molecule is C=CCn1c(NCc2cccs2)nc2sc3c(c2c1=O)CCCC3. The van der Waals surface area contributed by atoms with Crippen LogP contribution in [0.2, 0.25) is 0 Å². The predicted octanol–water partition coefficient (Wildman–Crippen LogP) is 4.20. The van der Waals surface area contributed by atoms with Crippen molar-refractivity contribution in [2.45, 2.75) is 38.8 Å². The maximum Gasteiger partial charge on any atom is 0.264 e. The monoisotopic (exact) mass is 357 g/mol. The van der Waals surface area contributed by atoms with E-state index in [2.05, 4.69) is 23.3 Å². The van der Waals surface area contributed by atoms with E-state index in [4.69, 9.17) is 4.98 Å². The van der Waals surface area contributed by atoms with E-state index in [0.29, 0.717) is 19.0 Å².